The highest BCUT2D eigenvalue weighted by Gasteiger charge is 2.10. The molecule has 0 aromatic heterocycles. The van der Waals surface area contributed by atoms with E-state index in [1.54, 1.807) is 0 Å². The van der Waals surface area contributed by atoms with E-state index in [9.17, 15) is 0 Å². The zero-order valence-corrected chi connectivity index (χ0v) is 18.0. The van der Waals surface area contributed by atoms with E-state index in [1.807, 2.05) is 0 Å². The van der Waals surface area contributed by atoms with Gasteiger partial charge in [0.05, 0.1) is 39.6 Å². The van der Waals surface area contributed by atoms with E-state index in [4.69, 9.17) is 23.7 Å². The van der Waals surface area contributed by atoms with Crippen LogP contribution in [0, 0.1) is 11.8 Å². The summed E-state index contributed by atoms with van der Waals surface area (Å²) in [7, 11) is 0. The Hall–Kier alpha value is -0.200. The van der Waals surface area contributed by atoms with Crippen molar-refractivity contribution in [1.29, 1.82) is 0 Å². The van der Waals surface area contributed by atoms with E-state index in [2.05, 4.69) is 34.6 Å². The van der Waals surface area contributed by atoms with E-state index < -0.39 is 0 Å². The Balaban J connectivity index is 3.83. The van der Waals surface area contributed by atoms with Gasteiger partial charge in [0.25, 0.3) is 0 Å². The lowest BCUT2D eigenvalue weighted by Gasteiger charge is -2.19. The summed E-state index contributed by atoms with van der Waals surface area (Å²) in [5.74, 6) is 1.20. The molecule has 158 valence electrons. The third-order valence-electron chi connectivity index (χ3n) is 4.40. The molecule has 0 bridgehead atoms. The van der Waals surface area contributed by atoms with Gasteiger partial charge in [-0.1, -0.05) is 53.9 Å². The maximum atomic E-state index is 5.88. The number of unbranched alkanes of at least 4 members (excludes halogenated alkanes) is 1. The molecule has 0 heterocycles. The van der Waals surface area contributed by atoms with E-state index in [0.29, 0.717) is 51.5 Å². The van der Waals surface area contributed by atoms with E-state index in [1.165, 1.54) is 0 Å². The van der Waals surface area contributed by atoms with Crippen LogP contribution in [0.2, 0.25) is 0 Å². The van der Waals surface area contributed by atoms with Crippen molar-refractivity contribution in [2.45, 2.75) is 66.4 Å². The molecule has 0 N–H and O–H groups in total. The molecule has 0 aliphatic carbocycles. The van der Waals surface area contributed by atoms with Crippen LogP contribution in [0.15, 0.2) is 0 Å². The molecule has 0 aromatic rings. The predicted molar refractivity (Wildman–Crippen MR) is 107 cm³/mol. The minimum atomic E-state index is -0.0476. The molecular formula is C21H44O5. The van der Waals surface area contributed by atoms with Gasteiger partial charge in [-0.25, -0.2) is 0 Å². The Bertz CT molecular complexity index is 275. The molecule has 0 aliphatic heterocycles. The highest BCUT2D eigenvalue weighted by molar-refractivity contribution is 4.56. The summed E-state index contributed by atoms with van der Waals surface area (Å²) in [5, 5.41) is 0. The van der Waals surface area contributed by atoms with Gasteiger partial charge < -0.3 is 23.7 Å². The van der Waals surface area contributed by atoms with Crippen molar-refractivity contribution < 1.29 is 23.7 Å². The third kappa shape index (κ3) is 17.2. The summed E-state index contributed by atoms with van der Waals surface area (Å²) in [6.45, 7) is 16.8. The van der Waals surface area contributed by atoms with Crippen LogP contribution < -0.4 is 0 Å². The van der Waals surface area contributed by atoms with Crippen LogP contribution in [-0.2, 0) is 23.7 Å². The summed E-state index contributed by atoms with van der Waals surface area (Å²) in [6, 6.07) is 0. The average molecular weight is 377 g/mol. The summed E-state index contributed by atoms with van der Waals surface area (Å²) >= 11 is 0. The quantitative estimate of drug-likeness (QED) is 0.296. The zero-order chi connectivity index (χ0) is 19.5. The van der Waals surface area contributed by atoms with Crippen LogP contribution in [0.3, 0.4) is 0 Å². The second-order valence-corrected chi connectivity index (χ2v) is 7.17. The Morgan fingerprint density at radius 1 is 0.577 bits per heavy atom. The molecule has 5 nitrogen and oxygen atoms in total. The zero-order valence-electron chi connectivity index (χ0n) is 18.0. The highest BCUT2D eigenvalue weighted by atomic mass is 16.6. The van der Waals surface area contributed by atoms with Crippen LogP contribution in [0.4, 0.5) is 0 Å². The van der Waals surface area contributed by atoms with Crippen LogP contribution in [0.1, 0.15) is 60.3 Å². The van der Waals surface area contributed by atoms with E-state index >= 15 is 0 Å². The second-order valence-electron chi connectivity index (χ2n) is 7.17. The number of hydrogen-bond acceptors (Lipinski definition) is 5. The Morgan fingerprint density at radius 2 is 1.04 bits per heavy atom. The highest BCUT2D eigenvalue weighted by Crippen LogP contribution is 2.02. The number of hydrogen-bond donors (Lipinski definition) is 0. The van der Waals surface area contributed by atoms with Crippen molar-refractivity contribution in [3.63, 3.8) is 0 Å². The maximum Gasteiger partial charge on any atom is 0.104 e. The minimum Gasteiger partial charge on any atom is -0.379 e. The largest absolute Gasteiger partial charge is 0.379 e. The van der Waals surface area contributed by atoms with Gasteiger partial charge in [0.2, 0.25) is 0 Å². The van der Waals surface area contributed by atoms with Gasteiger partial charge in [0.15, 0.2) is 0 Å². The van der Waals surface area contributed by atoms with Crippen molar-refractivity contribution in [1.82, 2.24) is 0 Å². The molecule has 3 unspecified atom stereocenters. The monoisotopic (exact) mass is 376 g/mol. The van der Waals surface area contributed by atoms with Gasteiger partial charge in [-0.15, -0.1) is 0 Å². The fourth-order valence-electron chi connectivity index (χ4n) is 2.02. The molecule has 0 saturated heterocycles. The normalized spacial score (nSPS) is 15.1. The van der Waals surface area contributed by atoms with Crippen molar-refractivity contribution in [2.75, 3.05) is 59.5 Å². The lowest BCUT2D eigenvalue weighted by atomic mass is 10.1. The number of ether oxygens (including phenoxy) is 5. The van der Waals surface area contributed by atoms with Crippen LogP contribution in [-0.4, -0.2) is 65.6 Å². The van der Waals surface area contributed by atoms with Crippen molar-refractivity contribution in [3.8, 4) is 0 Å². The molecule has 0 fully saturated rings. The van der Waals surface area contributed by atoms with Gasteiger partial charge in [0.1, 0.15) is 6.10 Å². The molecule has 26 heavy (non-hydrogen) atoms. The van der Waals surface area contributed by atoms with Crippen LogP contribution >= 0.6 is 0 Å². The van der Waals surface area contributed by atoms with Crippen LogP contribution in [0.5, 0.6) is 0 Å². The first-order chi connectivity index (χ1) is 12.6. The number of rotatable bonds is 20. The molecular weight excluding hydrogens is 332 g/mol. The molecule has 0 radical (unpaired) electrons. The molecule has 0 saturated carbocycles. The molecule has 5 heteroatoms. The fourth-order valence-corrected chi connectivity index (χ4v) is 2.02. The lowest BCUT2D eigenvalue weighted by molar-refractivity contribution is -0.0806. The molecule has 0 rings (SSSR count). The fraction of sp³-hybridized carbons (Fsp3) is 1.00. The minimum absolute atomic E-state index is 0.0476. The lowest BCUT2D eigenvalue weighted by Crippen LogP contribution is -2.28. The summed E-state index contributed by atoms with van der Waals surface area (Å²) < 4.78 is 28.5. The van der Waals surface area contributed by atoms with Crippen LogP contribution in [0.25, 0.3) is 0 Å². The Kier molecular flexibility index (Phi) is 19.4. The van der Waals surface area contributed by atoms with Gasteiger partial charge >= 0.3 is 0 Å². The van der Waals surface area contributed by atoms with Crippen molar-refractivity contribution in [2.24, 2.45) is 11.8 Å². The summed E-state index contributed by atoms with van der Waals surface area (Å²) in [6.07, 6.45) is 4.45. The second kappa shape index (κ2) is 19.6. The molecule has 3 atom stereocenters. The molecule has 0 amide bonds. The molecule has 0 aliphatic rings. The van der Waals surface area contributed by atoms with Crippen molar-refractivity contribution >= 4 is 0 Å². The first kappa shape index (κ1) is 25.8. The molecule has 0 aromatic carbocycles. The van der Waals surface area contributed by atoms with E-state index in [0.717, 1.165) is 45.5 Å². The third-order valence-corrected chi connectivity index (χ3v) is 4.40. The maximum absolute atomic E-state index is 5.88. The Labute approximate surface area is 162 Å². The standard InChI is InChI=1S/C21H44O5/c1-6-9-10-22-17-21(26-14-13-24-16-20(5)8-3)18-25-12-11-23-15-19(4)7-2/h19-21H,6-18H2,1-5H3. The van der Waals surface area contributed by atoms with Gasteiger partial charge in [-0.3, -0.25) is 0 Å². The molecule has 0 spiro atoms. The first-order valence-electron chi connectivity index (χ1n) is 10.6. The summed E-state index contributed by atoms with van der Waals surface area (Å²) in [4.78, 5) is 0. The van der Waals surface area contributed by atoms with Crippen molar-refractivity contribution in [3.05, 3.63) is 0 Å². The van der Waals surface area contributed by atoms with Gasteiger partial charge in [-0.05, 0) is 18.3 Å². The summed E-state index contributed by atoms with van der Waals surface area (Å²) in [5.41, 5.74) is 0. The smallest absolute Gasteiger partial charge is 0.104 e. The van der Waals surface area contributed by atoms with Gasteiger partial charge in [-0.2, -0.15) is 0 Å². The SMILES string of the molecule is CCCCOCC(COCCOCC(C)CC)OCCOCC(C)CC. The first-order valence-corrected chi connectivity index (χ1v) is 10.6. The van der Waals surface area contributed by atoms with E-state index in [-0.39, 0.29) is 6.10 Å². The predicted octanol–water partition coefficient (Wildman–Crippen LogP) is 4.33. The Morgan fingerprint density at radius 3 is 1.54 bits per heavy atom. The van der Waals surface area contributed by atoms with Gasteiger partial charge in [0, 0.05) is 19.8 Å². The average Bonchev–Trinajstić information content (AvgIpc) is 2.66. The topological polar surface area (TPSA) is 46.2 Å².